The highest BCUT2D eigenvalue weighted by Crippen LogP contribution is 2.51. The number of benzene rings is 2. The molecule has 0 spiro atoms. The van der Waals surface area contributed by atoms with Crippen LogP contribution in [0.25, 0.3) is 0 Å². The van der Waals surface area contributed by atoms with E-state index in [1.165, 1.54) is 11.8 Å². The Morgan fingerprint density at radius 1 is 0.570 bits per heavy atom. The second kappa shape index (κ2) is 60.4. The maximum atomic E-state index is 14.4. The lowest BCUT2D eigenvalue weighted by Crippen LogP contribution is -2.63. The molecule has 2 aliphatic rings. The second-order valence-electron chi connectivity index (χ2n) is 31.6. The third kappa shape index (κ3) is 45.0. The van der Waals surface area contributed by atoms with Gasteiger partial charge in [-0.25, -0.2) is 4.79 Å². The summed E-state index contributed by atoms with van der Waals surface area (Å²) >= 11 is 1.31. The first-order valence-corrected chi connectivity index (χ1v) is 46.5. The summed E-state index contributed by atoms with van der Waals surface area (Å²) in [4.78, 5) is 218. The molecule has 1 saturated heterocycles. The number of aliphatic carboxylic acids is 1. The van der Waals surface area contributed by atoms with Gasteiger partial charge in [-0.2, -0.15) is 0 Å². The highest BCUT2D eigenvalue weighted by Gasteiger charge is 2.44. The van der Waals surface area contributed by atoms with Crippen LogP contribution in [-0.4, -0.2) is 263 Å². The lowest BCUT2D eigenvalue weighted by Gasteiger charge is -2.38. The number of nitrogens with zero attached hydrogens (tertiary/aromatic N) is 2. The summed E-state index contributed by atoms with van der Waals surface area (Å²) in [6, 6.07) is 13.6. The van der Waals surface area contributed by atoms with Crippen molar-refractivity contribution in [2.75, 3.05) is 115 Å². The quantitative estimate of drug-likeness (QED) is 0.0167. The Labute approximate surface area is 750 Å². The van der Waals surface area contributed by atoms with Gasteiger partial charge in [-0.1, -0.05) is 55.7 Å². The lowest BCUT2D eigenvalue weighted by atomic mass is 9.80. The summed E-state index contributed by atoms with van der Waals surface area (Å²) in [6.45, 7) is 5.10. The number of nitrogens with one attached hydrogen (secondary N) is 13. The van der Waals surface area contributed by atoms with Crippen molar-refractivity contribution in [1.82, 2.24) is 63.1 Å². The zero-order valence-electron chi connectivity index (χ0n) is 73.3. The highest BCUT2D eigenvalue weighted by atomic mass is 32.2. The number of pyridine rings is 1. The van der Waals surface area contributed by atoms with Crippen molar-refractivity contribution in [3.8, 4) is 0 Å². The Hall–Kier alpha value is -10.4. The van der Waals surface area contributed by atoms with Gasteiger partial charge in [0.25, 0.3) is 0 Å². The number of rotatable bonds is 67. The van der Waals surface area contributed by atoms with E-state index in [0.717, 1.165) is 29.4 Å². The van der Waals surface area contributed by atoms with Gasteiger partial charge in [0.1, 0.15) is 23.7 Å². The number of imide groups is 1. The first kappa shape index (κ1) is 108. The molecule has 40 nitrogen and oxygen atoms in total. The minimum absolute atomic E-state index is 0.0000356. The Kier molecular flexibility index (Phi) is 51.0. The van der Waals surface area contributed by atoms with Gasteiger partial charge in [-0.15, -0.1) is 11.8 Å². The summed E-state index contributed by atoms with van der Waals surface area (Å²) < 4.78 is 33.6. The molecule has 2 unspecified atom stereocenters. The summed E-state index contributed by atoms with van der Waals surface area (Å²) in [7, 11) is -4.66. The number of aryl methyl sites for hydroxylation is 2. The standard InChI is InChI=1S/C86H131N16O24PS/c1-60-17-4-5-21-65(60)100-84(118)96-64-29-26-61(27-30-64)57-76(109)98-67(23-8-13-41-90-70(103)31-28-62-18-15-40-89-59-62)80(114)99-68(24-14-25-78(111)112)81(115)101-86(38-9-3-10-39-86)83(117)95-46-51-126-55-54-125-49-44-93-72(105)33-32-71(104)92-43-48-123-52-53-124-50-45-94-73(106)34-35-75(108)97-66(79(88)113)22-7-12-42-91-74(107)36-47-102-77(110)58-69(82(102)116)128-56-16-20-63(87)19-6-11-37-85(2,119)127(120,121)122/h4-5,15,17-18,21,26-27,29-30,40,59,66-69,87,119H,3,6-14,16,19-20,22-25,28,31-39,41-58H2,1-2H3,(H2,88,113)(H,90,103)(H,91,107)(H,92,104)(H,93,105)(H,94,106)(H,95,117)(H,97,108)(H,98,109)(H,99,114)(H,101,115)(H,111,112)(H2,96,100,118)(H2,120,121,122)/t66-,67-,68-,69?,85?/m0/s1. The van der Waals surface area contributed by atoms with Gasteiger partial charge in [0.15, 0.2) is 5.34 Å². The summed E-state index contributed by atoms with van der Waals surface area (Å²) in [5.41, 5.74) is 8.03. The molecule has 0 radical (unpaired) electrons. The number of nitrogens with two attached hydrogens (primary N) is 1. The number of thioether (sulfide) groups is 1. The van der Waals surface area contributed by atoms with E-state index in [1.807, 2.05) is 25.1 Å². The SMILES string of the molecule is Cc1ccccc1NC(=O)Nc1ccc(CC(=O)N[C@@H](CCCCNC(=O)CCc2cccnc2)C(=O)N[C@@H](CCCC(=O)O)C(=O)NC2(C(=O)NCCOCCOCCNC(=O)CCC(=O)NCCOCCOCCNC(=O)CCC(=O)N[C@@H](CCCCNC(=O)CCN3C(=O)CC(SCCCC(=N)CCCCC(C)(O)P(=O)(O)O)C3=O)C(N)=O)CCCCC2)cc1. The molecule has 42 heteroatoms. The molecule has 5 atom stereocenters. The normalized spacial score (nSPS) is 14.7. The number of carboxylic acids is 1. The number of hydrogen-bond donors (Lipinski definition) is 18. The fourth-order valence-corrected chi connectivity index (χ4v) is 15.2. The maximum Gasteiger partial charge on any atom is 0.356 e. The van der Waals surface area contributed by atoms with E-state index in [9.17, 15) is 96.5 Å². The zero-order valence-corrected chi connectivity index (χ0v) is 75.0. The number of amides is 15. The van der Waals surface area contributed by atoms with Gasteiger partial charge in [0.05, 0.1) is 64.5 Å². The number of primary amides is 1. The van der Waals surface area contributed by atoms with E-state index in [4.69, 9.17) is 30.1 Å². The molecule has 15 amide bonds. The number of carbonyl (C=O) groups is 15. The van der Waals surface area contributed by atoms with Crippen LogP contribution in [-0.2, 0) is 103 Å². The van der Waals surface area contributed by atoms with Crippen molar-refractivity contribution in [2.45, 2.75) is 234 Å². The number of urea groups is 1. The number of unbranched alkanes of at least 4 members (excludes halogenated alkanes) is 3. The Morgan fingerprint density at radius 2 is 1.10 bits per heavy atom. The highest BCUT2D eigenvalue weighted by molar-refractivity contribution is 8.00. The molecule has 2 aromatic carbocycles. The van der Waals surface area contributed by atoms with Gasteiger partial charge in [0.2, 0.25) is 76.8 Å². The minimum Gasteiger partial charge on any atom is -0.481 e. The van der Waals surface area contributed by atoms with Crippen LogP contribution in [0.2, 0.25) is 0 Å². The molecular formula is C86H131N16O24PS. The molecule has 19 N–H and O–H groups in total. The first-order valence-electron chi connectivity index (χ1n) is 43.8. The van der Waals surface area contributed by atoms with E-state index in [-0.39, 0.29) is 231 Å². The third-order valence-electron chi connectivity index (χ3n) is 21.0. The number of likely N-dealkylation sites (tertiary alicyclic amines) is 1. The van der Waals surface area contributed by atoms with Crippen LogP contribution in [0, 0.1) is 12.3 Å². The van der Waals surface area contributed by atoms with Crippen molar-refractivity contribution in [1.29, 1.82) is 5.41 Å². The number of aromatic nitrogens is 1. The van der Waals surface area contributed by atoms with Crippen LogP contribution in [0.3, 0.4) is 0 Å². The molecule has 2 fully saturated rings. The van der Waals surface area contributed by atoms with Crippen molar-refractivity contribution in [3.05, 3.63) is 89.7 Å². The van der Waals surface area contributed by atoms with Gasteiger partial charge < -0.3 is 114 Å². The van der Waals surface area contributed by atoms with Crippen molar-refractivity contribution < 1.29 is 115 Å². The summed E-state index contributed by atoms with van der Waals surface area (Å²) in [5.74, 6) is -6.85. The molecule has 5 rings (SSSR count). The van der Waals surface area contributed by atoms with Crippen LogP contribution in [0.1, 0.15) is 197 Å². The van der Waals surface area contributed by atoms with Gasteiger partial charge in [-0.05, 0) is 170 Å². The molecule has 1 aliphatic carbocycles. The summed E-state index contributed by atoms with van der Waals surface area (Å²) in [6.07, 6.45) is 9.41. The number of carboxylic acid groups (broad SMARTS) is 1. The number of carbonyl (C=O) groups excluding carboxylic acids is 14. The Balaban J connectivity index is 0.876. The molecule has 1 aromatic heterocycles. The molecule has 710 valence electrons. The smallest absolute Gasteiger partial charge is 0.356 e. The molecule has 3 aromatic rings. The van der Waals surface area contributed by atoms with E-state index in [1.54, 1.807) is 54.9 Å². The monoisotopic (exact) mass is 1830 g/mol. The molecular weight excluding hydrogens is 1700 g/mol. The van der Waals surface area contributed by atoms with Crippen LogP contribution >= 0.6 is 19.4 Å². The van der Waals surface area contributed by atoms with Crippen molar-refractivity contribution >= 4 is 125 Å². The number of aliphatic hydroxyl groups is 1. The average Bonchev–Trinajstić information content (AvgIpc) is 0.933. The molecule has 128 heavy (non-hydrogen) atoms. The van der Waals surface area contributed by atoms with Crippen LogP contribution in [0.15, 0.2) is 73.1 Å². The molecule has 1 saturated carbocycles. The number of ether oxygens (including phenoxy) is 4. The van der Waals surface area contributed by atoms with Crippen LogP contribution in [0.5, 0.6) is 0 Å². The van der Waals surface area contributed by atoms with Gasteiger partial charge in [-0.3, -0.25) is 81.6 Å². The third-order valence-corrected chi connectivity index (χ3v) is 23.8. The first-order chi connectivity index (χ1) is 61.2. The number of para-hydroxylation sites is 1. The fourth-order valence-electron chi connectivity index (χ4n) is 13.6. The van der Waals surface area contributed by atoms with E-state index >= 15 is 0 Å². The Bertz CT molecular complexity index is 4120. The predicted octanol–water partition coefficient (Wildman–Crippen LogP) is 3.38. The fraction of sp³-hybridized carbons (Fsp3) is 0.616. The van der Waals surface area contributed by atoms with Gasteiger partial charge >= 0.3 is 19.6 Å². The molecule has 2 heterocycles. The topological polar surface area (TPSA) is 601 Å². The van der Waals surface area contributed by atoms with E-state index in [2.05, 4.69) is 68.8 Å². The van der Waals surface area contributed by atoms with Crippen LogP contribution < -0.4 is 69.5 Å². The second-order valence-corrected chi connectivity index (χ2v) is 34.9. The predicted molar refractivity (Wildman–Crippen MR) is 475 cm³/mol. The van der Waals surface area contributed by atoms with Crippen LogP contribution in [0.4, 0.5) is 16.2 Å². The number of anilines is 2. The molecule has 1 aliphatic heterocycles. The molecule has 0 bridgehead atoms. The number of hydrogen-bond acceptors (Lipinski definition) is 24. The average molecular weight is 1840 g/mol. The lowest BCUT2D eigenvalue weighted by molar-refractivity contribution is -0.139. The minimum atomic E-state index is -4.66. The largest absolute Gasteiger partial charge is 0.481 e. The Morgan fingerprint density at radius 3 is 1.67 bits per heavy atom. The zero-order chi connectivity index (χ0) is 93.5. The van der Waals surface area contributed by atoms with E-state index < -0.39 is 101 Å². The maximum absolute atomic E-state index is 14.4. The summed E-state index contributed by atoms with van der Waals surface area (Å²) in [5, 5.41) is 58.0. The van der Waals surface area contributed by atoms with Crippen molar-refractivity contribution in [2.24, 2.45) is 5.73 Å². The van der Waals surface area contributed by atoms with Gasteiger partial charge in [0, 0.05) is 127 Å². The van der Waals surface area contributed by atoms with Crippen molar-refractivity contribution in [3.63, 3.8) is 0 Å². The van der Waals surface area contributed by atoms with E-state index in [0.29, 0.717) is 105 Å².